The molecule has 0 spiro atoms. The van der Waals surface area contributed by atoms with E-state index in [1.807, 2.05) is 0 Å². The minimum absolute atomic E-state index is 0.0144. The summed E-state index contributed by atoms with van der Waals surface area (Å²) in [6.45, 7) is 0. The summed E-state index contributed by atoms with van der Waals surface area (Å²) in [6, 6.07) is 4.53. The highest BCUT2D eigenvalue weighted by Crippen LogP contribution is 2.40. The van der Waals surface area contributed by atoms with Crippen LogP contribution in [-0.4, -0.2) is 7.11 Å². The third-order valence-electron chi connectivity index (χ3n) is 3.33. The van der Waals surface area contributed by atoms with E-state index in [1.54, 1.807) is 13.2 Å². The van der Waals surface area contributed by atoms with Crippen molar-refractivity contribution in [1.29, 1.82) is 0 Å². The highest BCUT2D eigenvalue weighted by Gasteiger charge is 2.29. The van der Waals surface area contributed by atoms with Gasteiger partial charge in [-0.15, -0.1) is 0 Å². The summed E-state index contributed by atoms with van der Waals surface area (Å²) < 4.78 is 18.5. The van der Waals surface area contributed by atoms with Crippen LogP contribution in [0.2, 0.25) is 0 Å². The molecule has 2 rings (SSSR count). The lowest BCUT2D eigenvalue weighted by Crippen LogP contribution is -2.36. The molecule has 0 aliphatic heterocycles. The predicted octanol–water partition coefficient (Wildman–Crippen LogP) is 2.14. The Balaban J connectivity index is 2.31. The summed E-state index contributed by atoms with van der Waals surface area (Å²) in [5.74, 6) is 6.48. The summed E-state index contributed by atoms with van der Waals surface area (Å²) in [4.78, 5) is 0. The van der Waals surface area contributed by atoms with Gasteiger partial charge in [-0.2, -0.15) is 0 Å². The molecule has 4 heteroatoms. The molecule has 3 N–H and O–H groups in total. The fourth-order valence-electron chi connectivity index (χ4n) is 2.20. The van der Waals surface area contributed by atoms with Gasteiger partial charge >= 0.3 is 0 Å². The van der Waals surface area contributed by atoms with Gasteiger partial charge in [0.1, 0.15) is 11.6 Å². The van der Waals surface area contributed by atoms with Crippen molar-refractivity contribution in [3.8, 4) is 5.75 Å². The van der Waals surface area contributed by atoms with Crippen LogP contribution >= 0.6 is 0 Å². The summed E-state index contributed by atoms with van der Waals surface area (Å²) in [5, 5.41) is 0. The Kier molecular flexibility index (Phi) is 3.41. The minimum atomic E-state index is -0.254. The zero-order chi connectivity index (χ0) is 11.5. The maximum absolute atomic E-state index is 13.2. The van der Waals surface area contributed by atoms with Gasteiger partial charge in [0.05, 0.1) is 13.2 Å². The number of nitrogens with one attached hydrogen (secondary N) is 1. The van der Waals surface area contributed by atoms with E-state index in [0.29, 0.717) is 11.7 Å². The second kappa shape index (κ2) is 4.80. The van der Waals surface area contributed by atoms with Gasteiger partial charge in [0.2, 0.25) is 0 Å². The lowest BCUT2D eigenvalue weighted by molar-refractivity contribution is 0.227. The van der Waals surface area contributed by atoms with Crippen LogP contribution in [0, 0.1) is 11.7 Å². The molecular weight excluding hydrogens is 207 g/mol. The van der Waals surface area contributed by atoms with Gasteiger partial charge in [0, 0.05) is 5.56 Å². The molecule has 0 amide bonds. The number of hydrogen-bond donors (Lipinski definition) is 2. The molecule has 1 saturated carbocycles. The van der Waals surface area contributed by atoms with E-state index in [-0.39, 0.29) is 11.9 Å². The molecule has 1 aliphatic carbocycles. The van der Waals surface area contributed by atoms with Crippen LogP contribution in [0.1, 0.15) is 30.9 Å². The van der Waals surface area contributed by atoms with E-state index >= 15 is 0 Å². The van der Waals surface area contributed by atoms with Crippen molar-refractivity contribution < 1.29 is 9.13 Å². The van der Waals surface area contributed by atoms with Crippen molar-refractivity contribution in [2.24, 2.45) is 11.8 Å². The first-order chi connectivity index (χ1) is 7.76. The highest BCUT2D eigenvalue weighted by molar-refractivity contribution is 5.37. The van der Waals surface area contributed by atoms with Gasteiger partial charge in [-0.05, 0) is 37.0 Å². The summed E-state index contributed by atoms with van der Waals surface area (Å²) in [7, 11) is 1.59. The first-order valence-electron chi connectivity index (χ1n) is 5.56. The fraction of sp³-hybridized carbons (Fsp3) is 0.500. The van der Waals surface area contributed by atoms with Gasteiger partial charge in [-0.25, -0.2) is 4.39 Å². The lowest BCUT2D eigenvalue weighted by Gasteiger charge is -2.34. The molecule has 1 fully saturated rings. The van der Waals surface area contributed by atoms with Crippen LogP contribution in [0.15, 0.2) is 18.2 Å². The quantitative estimate of drug-likeness (QED) is 0.608. The average molecular weight is 224 g/mol. The number of rotatable bonds is 4. The largest absolute Gasteiger partial charge is 0.496 e. The maximum Gasteiger partial charge on any atom is 0.123 e. The van der Waals surface area contributed by atoms with Crippen LogP contribution < -0.4 is 16.0 Å². The van der Waals surface area contributed by atoms with Crippen molar-refractivity contribution in [3.05, 3.63) is 29.6 Å². The van der Waals surface area contributed by atoms with E-state index in [2.05, 4.69) is 5.43 Å². The minimum Gasteiger partial charge on any atom is -0.496 e. The Morgan fingerprint density at radius 3 is 2.75 bits per heavy atom. The molecule has 3 nitrogen and oxygen atoms in total. The van der Waals surface area contributed by atoms with Gasteiger partial charge < -0.3 is 4.74 Å². The topological polar surface area (TPSA) is 47.3 Å². The Bertz CT molecular complexity index is 366. The SMILES string of the molecule is COc1ccc(F)cc1C(NN)C1CCC1. The van der Waals surface area contributed by atoms with Crippen LogP contribution in [0.4, 0.5) is 4.39 Å². The molecule has 1 aromatic carbocycles. The molecule has 1 aromatic rings. The monoisotopic (exact) mass is 224 g/mol. The molecule has 0 heterocycles. The summed E-state index contributed by atoms with van der Waals surface area (Å²) in [5.41, 5.74) is 3.59. The second-order valence-corrected chi connectivity index (χ2v) is 4.22. The van der Waals surface area contributed by atoms with Gasteiger partial charge in [0.25, 0.3) is 0 Å². The number of ether oxygens (including phenoxy) is 1. The number of methoxy groups -OCH3 is 1. The van der Waals surface area contributed by atoms with Gasteiger partial charge in [0.15, 0.2) is 0 Å². The smallest absolute Gasteiger partial charge is 0.123 e. The summed E-state index contributed by atoms with van der Waals surface area (Å²) in [6.07, 6.45) is 3.49. The zero-order valence-electron chi connectivity index (χ0n) is 9.37. The molecule has 0 aromatic heterocycles. The van der Waals surface area contributed by atoms with Gasteiger partial charge in [-0.1, -0.05) is 6.42 Å². The van der Waals surface area contributed by atoms with E-state index < -0.39 is 0 Å². The predicted molar refractivity (Wildman–Crippen MR) is 60.4 cm³/mol. The number of hydrazine groups is 1. The van der Waals surface area contributed by atoms with Crippen molar-refractivity contribution in [1.82, 2.24) is 5.43 Å². The second-order valence-electron chi connectivity index (χ2n) is 4.22. The Morgan fingerprint density at radius 2 is 2.25 bits per heavy atom. The molecular formula is C12H17FN2O. The third kappa shape index (κ3) is 2.03. The average Bonchev–Trinajstić information content (AvgIpc) is 2.23. The van der Waals surface area contributed by atoms with Crippen molar-refractivity contribution >= 4 is 0 Å². The molecule has 16 heavy (non-hydrogen) atoms. The number of nitrogens with two attached hydrogens (primary N) is 1. The van der Waals surface area contributed by atoms with Crippen LogP contribution in [0.3, 0.4) is 0 Å². The zero-order valence-corrected chi connectivity index (χ0v) is 9.37. The molecule has 0 radical (unpaired) electrons. The Labute approximate surface area is 94.8 Å². The fourth-order valence-corrected chi connectivity index (χ4v) is 2.20. The van der Waals surface area contributed by atoms with E-state index in [4.69, 9.17) is 10.6 Å². The van der Waals surface area contributed by atoms with Crippen molar-refractivity contribution in [2.75, 3.05) is 7.11 Å². The number of benzene rings is 1. The third-order valence-corrected chi connectivity index (χ3v) is 3.33. The normalized spacial score (nSPS) is 17.9. The van der Waals surface area contributed by atoms with Gasteiger partial charge in [-0.3, -0.25) is 11.3 Å². The summed E-state index contributed by atoms with van der Waals surface area (Å²) >= 11 is 0. The van der Waals surface area contributed by atoms with E-state index in [9.17, 15) is 4.39 Å². The first kappa shape index (κ1) is 11.4. The lowest BCUT2D eigenvalue weighted by atomic mass is 9.77. The number of halogens is 1. The van der Waals surface area contributed by atoms with E-state index in [1.165, 1.54) is 18.6 Å². The van der Waals surface area contributed by atoms with Crippen molar-refractivity contribution in [2.45, 2.75) is 25.3 Å². The first-order valence-corrected chi connectivity index (χ1v) is 5.56. The molecule has 1 aliphatic rings. The standard InChI is InChI=1S/C12H17FN2O/c1-16-11-6-5-9(13)7-10(11)12(15-14)8-3-2-4-8/h5-8,12,15H,2-4,14H2,1H3. The molecule has 88 valence electrons. The Morgan fingerprint density at radius 1 is 1.50 bits per heavy atom. The molecule has 1 atom stereocenters. The highest BCUT2D eigenvalue weighted by atomic mass is 19.1. The van der Waals surface area contributed by atoms with Crippen molar-refractivity contribution in [3.63, 3.8) is 0 Å². The van der Waals surface area contributed by atoms with Crippen LogP contribution in [0.25, 0.3) is 0 Å². The van der Waals surface area contributed by atoms with Crippen LogP contribution in [0.5, 0.6) is 5.75 Å². The molecule has 0 saturated heterocycles. The van der Waals surface area contributed by atoms with E-state index in [0.717, 1.165) is 18.4 Å². The maximum atomic E-state index is 13.2. The molecule has 0 bridgehead atoms. The van der Waals surface area contributed by atoms with Crippen LogP contribution in [-0.2, 0) is 0 Å². The number of hydrogen-bond acceptors (Lipinski definition) is 3. The Hall–Kier alpha value is -1.13. The molecule has 1 unspecified atom stereocenters.